The SMILES string of the molecule is CCCCCC(C)C=CC(C)(C)C. The van der Waals surface area contributed by atoms with E-state index in [0.29, 0.717) is 5.41 Å². The third-order valence-electron chi connectivity index (χ3n) is 2.19. The van der Waals surface area contributed by atoms with E-state index in [-0.39, 0.29) is 0 Å². The highest BCUT2D eigenvalue weighted by Crippen LogP contribution is 2.18. The van der Waals surface area contributed by atoms with E-state index >= 15 is 0 Å². The van der Waals surface area contributed by atoms with E-state index in [9.17, 15) is 0 Å². The zero-order valence-electron chi connectivity index (χ0n) is 10.1. The first-order valence-corrected chi connectivity index (χ1v) is 5.65. The molecule has 0 aliphatic heterocycles. The molecule has 0 aromatic carbocycles. The third-order valence-corrected chi connectivity index (χ3v) is 2.19. The Balaban J connectivity index is 3.61. The fourth-order valence-corrected chi connectivity index (χ4v) is 1.27. The van der Waals surface area contributed by atoms with Crippen LogP contribution in [-0.4, -0.2) is 0 Å². The van der Waals surface area contributed by atoms with E-state index in [4.69, 9.17) is 0 Å². The molecule has 0 spiro atoms. The van der Waals surface area contributed by atoms with Crippen LogP contribution < -0.4 is 0 Å². The van der Waals surface area contributed by atoms with Crippen molar-refractivity contribution in [1.29, 1.82) is 0 Å². The van der Waals surface area contributed by atoms with E-state index in [1.165, 1.54) is 25.7 Å². The van der Waals surface area contributed by atoms with Crippen LogP contribution in [0.4, 0.5) is 0 Å². The largest absolute Gasteiger partial charge is 0.0852 e. The summed E-state index contributed by atoms with van der Waals surface area (Å²) in [7, 11) is 0. The molecule has 0 fully saturated rings. The van der Waals surface area contributed by atoms with Crippen LogP contribution in [0.15, 0.2) is 12.2 Å². The summed E-state index contributed by atoms with van der Waals surface area (Å²) in [6, 6.07) is 0. The van der Waals surface area contributed by atoms with Gasteiger partial charge in [-0.1, -0.05) is 66.0 Å². The van der Waals surface area contributed by atoms with Gasteiger partial charge in [-0.3, -0.25) is 0 Å². The summed E-state index contributed by atoms with van der Waals surface area (Å²) in [5.41, 5.74) is 0.346. The lowest BCUT2D eigenvalue weighted by atomic mass is 9.93. The molecule has 1 unspecified atom stereocenters. The van der Waals surface area contributed by atoms with Crippen LogP contribution in [0.3, 0.4) is 0 Å². The van der Waals surface area contributed by atoms with Gasteiger partial charge in [-0.2, -0.15) is 0 Å². The Hall–Kier alpha value is -0.260. The van der Waals surface area contributed by atoms with Crippen molar-refractivity contribution in [3.8, 4) is 0 Å². The molecule has 0 saturated heterocycles. The topological polar surface area (TPSA) is 0 Å². The predicted molar refractivity (Wildman–Crippen MR) is 61.9 cm³/mol. The molecule has 0 aromatic rings. The summed E-state index contributed by atoms with van der Waals surface area (Å²) in [4.78, 5) is 0. The average molecular weight is 182 g/mol. The standard InChI is InChI=1S/C13H26/c1-6-7-8-9-12(2)10-11-13(3,4)5/h10-12H,6-9H2,1-5H3. The highest BCUT2D eigenvalue weighted by atomic mass is 14.1. The fourth-order valence-electron chi connectivity index (χ4n) is 1.27. The van der Waals surface area contributed by atoms with Crippen molar-refractivity contribution in [2.45, 2.75) is 60.3 Å². The number of hydrogen-bond acceptors (Lipinski definition) is 0. The van der Waals surface area contributed by atoms with Crippen molar-refractivity contribution in [3.63, 3.8) is 0 Å². The van der Waals surface area contributed by atoms with Crippen LogP contribution in [0.25, 0.3) is 0 Å². The maximum Gasteiger partial charge on any atom is -0.0203 e. The van der Waals surface area contributed by atoms with Crippen LogP contribution in [0.1, 0.15) is 60.3 Å². The van der Waals surface area contributed by atoms with Crippen molar-refractivity contribution in [3.05, 3.63) is 12.2 Å². The zero-order valence-corrected chi connectivity index (χ0v) is 10.1. The Morgan fingerprint density at radius 1 is 1.15 bits per heavy atom. The molecule has 13 heavy (non-hydrogen) atoms. The van der Waals surface area contributed by atoms with Crippen molar-refractivity contribution < 1.29 is 0 Å². The number of hydrogen-bond donors (Lipinski definition) is 0. The van der Waals surface area contributed by atoms with Crippen LogP contribution >= 0.6 is 0 Å². The molecular formula is C13H26. The Bertz CT molecular complexity index is 137. The molecule has 0 radical (unpaired) electrons. The molecule has 0 amide bonds. The van der Waals surface area contributed by atoms with Crippen LogP contribution in [0.2, 0.25) is 0 Å². The van der Waals surface area contributed by atoms with Gasteiger partial charge in [0.15, 0.2) is 0 Å². The average Bonchev–Trinajstić information content (AvgIpc) is 2.00. The van der Waals surface area contributed by atoms with Crippen LogP contribution in [-0.2, 0) is 0 Å². The van der Waals surface area contributed by atoms with Crippen LogP contribution in [0.5, 0.6) is 0 Å². The van der Waals surface area contributed by atoms with E-state index in [2.05, 4.69) is 46.8 Å². The number of unbranched alkanes of at least 4 members (excludes halogenated alkanes) is 2. The minimum Gasteiger partial charge on any atom is -0.0852 e. The van der Waals surface area contributed by atoms with Gasteiger partial charge < -0.3 is 0 Å². The van der Waals surface area contributed by atoms with Gasteiger partial charge >= 0.3 is 0 Å². The summed E-state index contributed by atoms with van der Waals surface area (Å²) in [5.74, 6) is 0.755. The molecule has 0 aliphatic carbocycles. The van der Waals surface area contributed by atoms with E-state index in [1.807, 2.05) is 0 Å². The van der Waals surface area contributed by atoms with E-state index in [1.54, 1.807) is 0 Å². The highest BCUT2D eigenvalue weighted by molar-refractivity contribution is 4.94. The second-order valence-electron chi connectivity index (χ2n) is 5.20. The minimum atomic E-state index is 0.346. The predicted octanol–water partition coefficient (Wildman–Crippen LogP) is 4.81. The number of rotatable bonds is 5. The zero-order chi connectivity index (χ0) is 10.3. The maximum absolute atomic E-state index is 2.37. The van der Waals surface area contributed by atoms with Gasteiger partial charge in [-0.05, 0) is 17.8 Å². The summed E-state index contributed by atoms with van der Waals surface area (Å²) in [6.07, 6.45) is 10.1. The van der Waals surface area contributed by atoms with Gasteiger partial charge in [0.25, 0.3) is 0 Å². The summed E-state index contributed by atoms with van der Waals surface area (Å²) < 4.78 is 0. The molecule has 0 aliphatic rings. The Morgan fingerprint density at radius 3 is 2.23 bits per heavy atom. The normalized spacial score (nSPS) is 15.2. The van der Waals surface area contributed by atoms with Crippen molar-refractivity contribution in [2.24, 2.45) is 11.3 Å². The first-order valence-electron chi connectivity index (χ1n) is 5.65. The molecule has 0 N–H and O–H groups in total. The second kappa shape index (κ2) is 6.23. The Morgan fingerprint density at radius 2 is 1.77 bits per heavy atom. The molecule has 0 heteroatoms. The van der Waals surface area contributed by atoms with Gasteiger partial charge in [0.05, 0.1) is 0 Å². The summed E-state index contributed by atoms with van der Waals surface area (Å²) >= 11 is 0. The van der Waals surface area contributed by atoms with Gasteiger partial charge in [0, 0.05) is 0 Å². The van der Waals surface area contributed by atoms with E-state index < -0.39 is 0 Å². The minimum absolute atomic E-state index is 0.346. The molecule has 0 aromatic heterocycles. The second-order valence-corrected chi connectivity index (χ2v) is 5.20. The third kappa shape index (κ3) is 9.66. The number of allylic oxidation sites excluding steroid dienone is 2. The molecule has 1 atom stereocenters. The van der Waals surface area contributed by atoms with Crippen molar-refractivity contribution in [2.75, 3.05) is 0 Å². The van der Waals surface area contributed by atoms with E-state index in [0.717, 1.165) is 5.92 Å². The quantitative estimate of drug-likeness (QED) is 0.423. The molecule has 78 valence electrons. The molecule has 0 rings (SSSR count). The lowest BCUT2D eigenvalue weighted by Crippen LogP contribution is -2.00. The van der Waals surface area contributed by atoms with Crippen LogP contribution in [0, 0.1) is 11.3 Å². The molecule has 0 saturated carbocycles. The van der Waals surface area contributed by atoms with Crippen molar-refractivity contribution >= 4 is 0 Å². The molecular weight excluding hydrogens is 156 g/mol. The lowest BCUT2D eigenvalue weighted by Gasteiger charge is -2.13. The maximum atomic E-state index is 2.37. The van der Waals surface area contributed by atoms with Crippen molar-refractivity contribution in [1.82, 2.24) is 0 Å². The summed E-state index contributed by atoms with van der Waals surface area (Å²) in [5, 5.41) is 0. The van der Waals surface area contributed by atoms with Gasteiger partial charge in [-0.25, -0.2) is 0 Å². The lowest BCUT2D eigenvalue weighted by molar-refractivity contribution is 0.525. The summed E-state index contributed by atoms with van der Waals surface area (Å²) in [6.45, 7) is 11.3. The first kappa shape index (κ1) is 12.7. The highest BCUT2D eigenvalue weighted by Gasteiger charge is 2.04. The first-order chi connectivity index (χ1) is 5.95. The Labute approximate surface area is 84.4 Å². The molecule has 0 heterocycles. The molecule has 0 bridgehead atoms. The van der Waals surface area contributed by atoms with Gasteiger partial charge in [0.2, 0.25) is 0 Å². The monoisotopic (exact) mass is 182 g/mol. The Kier molecular flexibility index (Phi) is 6.11. The molecule has 0 nitrogen and oxygen atoms in total. The fraction of sp³-hybridized carbons (Fsp3) is 0.846. The van der Waals surface area contributed by atoms with Gasteiger partial charge in [0.1, 0.15) is 0 Å². The smallest absolute Gasteiger partial charge is 0.0203 e. The van der Waals surface area contributed by atoms with Gasteiger partial charge in [-0.15, -0.1) is 0 Å².